The van der Waals surface area contributed by atoms with Crippen LogP contribution in [0.4, 0.5) is 4.79 Å². The van der Waals surface area contributed by atoms with Crippen molar-refractivity contribution in [3.8, 4) is 5.75 Å². The zero-order valence-corrected chi connectivity index (χ0v) is 19.3. The fourth-order valence-corrected chi connectivity index (χ4v) is 4.41. The fourth-order valence-electron chi connectivity index (χ4n) is 4.41. The molecule has 9 nitrogen and oxygen atoms in total. The van der Waals surface area contributed by atoms with Gasteiger partial charge in [-0.15, -0.1) is 0 Å². The van der Waals surface area contributed by atoms with Crippen molar-refractivity contribution < 1.29 is 23.5 Å². The van der Waals surface area contributed by atoms with Crippen molar-refractivity contribution in [1.29, 1.82) is 0 Å². The van der Waals surface area contributed by atoms with E-state index in [1.807, 2.05) is 54.6 Å². The molecule has 35 heavy (non-hydrogen) atoms. The number of rotatable bonds is 6. The molecule has 0 saturated carbocycles. The van der Waals surface area contributed by atoms with Crippen LogP contribution in [0.5, 0.6) is 5.75 Å². The first-order valence-electron chi connectivity index (χ1n) is 11.2. The lowest BCUT2D eigenvalue weighted by atomic mass is 9.98. The summed E-state index contributed by atoms with van der Waals surface area (Å²) in [5.41, 5.74) is 1.14. The van der Waals surface area contributed by atoms with Crippen LogP contribution < -0.4 is 10.1 Å². The van der Waals surface area contributed by atoms with E-state index in [1.54, 1.807) is 26.2 Å². The summed E-state index contributed by atoms with van der Waals surface area (Å²) >= 11 is 0. The predicted octanol–water partition coefficient (Wildman–Crippen LogP) is 3.43. The molecule has 4 amide bonds. The van der Waals surface area contributed by atoms with Crippen LogP contribution in [0.3, 0.4) is 0 Å². The first-order valence-corrected chi connectivity index (χ1v) is 11.2. The normalized spacial score (nSPS) is 21.8. The van der Waals surface area contributed by atoms with Crippen LogP contribution in [0.15, 0.2) is 82.5 Å². The quantitative estimate of drug-likeness (QED) is 0.554. The van der Waals surface area contributed by atoms with Crippen LogP contribution in [0.2, 0.25) is 0 Å². The summed E-state index contributed by atoms with van der Waals surface area (Å²) in [6.07, 6.45) is 1.92. The second kappa shape index (κ2) is 8.75. The molecule has 2 aliphatic heterocycles. The molecule has 1 N–H and O–H groups in total. The first-order chi connectivity index (χ1) is 16.9. The van der Waals surface area contributed by atoms with E-state index in [4.69, 9.17) is 9.15 Å². The van der Waals surface area contributed by atoms with Crippen molar-refractivity contribution in [2.24, 2.45) is 5.10 Å². The van der Waals surface area contributed by atoms with Crippen molar-refractivity contribution in [3.63, 3.8) is 0 Å². The zero-order valence-electron chi connectivity index (χ0n) is 19.3. The number of furan rings is 1. The molecule has 1 fully saturated rings. The molecule has 0 aliphatic carbocycles. The highest BCUT2D eigenvalue weighted by molar-refractivity contribution is 6.09. The van der Waals surface area contributed by atoms with Crippen molar-refractivity contribution in [3.05, 3.63) is 89.9 Å². The Morgan fingerprint density at radius 2 is 1.86 bits per heavy atom. The largest absolute Gasteiger partial charge is 0.497 e. The Morgan fingerprint density at radius 3 is 2.51 bits per heavy atom. The van der Waals surface area contributed by atoms with E-state index in [9.17, 15) is 14.4 Å². The summed E-state index contributed by atoms with van der Waals surface area (Å²) < 4.78 is 10.6. The van der Waals surface area contributed by atoms with E-state index in [0.29, 0.717) is 17.9 Å². The molecular weight excluding hydrogens is 448 g/mol. The highest BCUT2D eigenvalue weighted by Crippen LogP contribution is 2.35. The Labute approximate surface area is 202 Å². The van der Waals surface area contributed by atoms with Gasteiger partial charge >= 0.3 is 6.03 Å². The average molecular weight is 473 g/mol. The highest BCUT2D eigenvalue weighted by Gasteiger charge is 2.52. The number of hydrogen-bond acceptors (Lipinski definition) is 6. The summed E-state index contributed by atoms with van der Waals surface area (Å²) in [6, 6.07) is 19.2. The molecule has 2 atom stereocenters. The number of hydrazone groups is 1. The van der Waals surface area contributed by atoms with Crippen molar-refractivity contribution in [2.45, 2.75) is 24.9 Å². The van der Waals surface area contributed by atoms with E-state index in [-0.39, 0.29) is 6.04 Å². The van der Waals surface area contributed by atoms with Gasteiger partial charge in [0.15, 0.2) is 5.54 Å². The van der Waals surface area contributed by atoms with Gasteiger partial charge in [-0.25, -0.2) is 9.80 Å². The van der Waals surface area contributed by atoms with Gasteiger partial charge in [0.05, 0.1) is 25.1 Å². The number of imide groups is 1. The summed E-state index contributed by atoms with van der Waals surface area (Å²) in [5.74, 6) is -0.0277. The minimum Gasteiger partial charge on any atom is -0.497 e. The highest BCUT2D eigenvalue weighted by atomic mass is 16.5. The molecule has 2 aromatic carbocycles. The van der Waals surface area contributed by atoms with Crippen LogP contribution in [0.1, 0.15) is 36.3 Å². The van der Waals surface area contributed by atoms with E-state index in [2.05, 4.69) is 10.4 Å². The van der Waals surface area contributed by atoms with Crippen LogP contribution in [0, 0.1) is 0 Å². The lowest BCUT2D eigenvalue weighted by Crippen LogP contribution is -2.43. The number of ether oxygens (including phenoxy) is 1. The molecule has 3 aromatic rings. The molecule has 0 bridgehead atoms. The minimum atomic E-state index is -1.38. The summed E-state index contributed by atoms with van der Waals surface area (Å²) in [4.78, 5) is 40.2. The van der Waals surface area contributed by atoms with E-state index < -0.39 is 29.9 Å². The predicted molar refractivity (Wildman–Crippen MR) is 126 cm³/mol. The SMILES string of the molecule is COc1ccc(C2CC(c3ccccc3)=NN2C(=O)CN2C(=O)NC(C)(c3ccco3)C2=O)cc1. The molecule has 0 radical (unpaired) electrons. The minimum absolute atomic E-state index is 0.299. The maximum atomic E-state index is 13.5. The van der Waals surface area contributed by atoms with Crippen LogP contribution >= 0.6 is 0 Å². The first kappa shape index (κ1) is 22.4. The monoisotopic (exact) mass is 472 g/mol. The molecule has 5 rings (SSSR count). The summed E-state index contributed by atoms with van der Waals surface area (Å²) in [7, 11) is 1.59. The number of nitrogens with zero attached hydrogens (tertiary/aromatic N) is 3. The lowest BCUT2D eigenvalue weighted by Gasteiger charge is -2.24. The van der Waals surface area contributed by atoms with Crippen molar-refractivity contribution in [1.82, 2.24) is 15.2 Å². The molecular formula is C26H24N4O5. The van der Waals surface area contributed by atoms with Gasteiger partial charge < -0.3 is 14.5 Å². The third-order valence-corrected chi connectivity index (χ3v) is 6.36. The van der Waals surface area contributed by atoms with Crippen molar-refractivity contribution >= 4 is 23.6 Å². The molecule has 1 aromatic heterocycles. The Kier molecular flexibility index (Phi) is 5.60. The molecule has 0 spiro atoms. The third-order valence-electron chi connectivity index (χ3n) is 6.36. The van der Waals surface area contributed by atoms with Gasteiger partial charge in [-0.2, -0.15) is 5.10 Å². The molecule has 2 unspecified atom stereocenters. The van der Waals surface area contributed by atoms with E-state index >= 15 is 0 Å². The fraction of sp³-hybridized carbons (Fsp3) is 0.231. The molecule has 2 aliphatic rings. The number of benzene rings is 2. The van der Waals surface area contributed by atoms with Crippen LogP contribution in [0.25, 0.3) is 0 Å². The Balaban J connectivity index is 1.42. The average Bonchev–Trinajstić information content (AvgIpc) is 3.62. The second-order valence-electron chi connectivity index (χ2n) is 8.57. The van der Waals surface area contributed by atoms with E-state index in [0.717, 1.165) is 21.7 Å². The maximum Gasteiger partial charge on any atom is 0.325 e. The number of carbonyl (C=O) groups is 3. The zero-order chi connectivity index (χ0) is 24.6. The standard InChI is InChI=1S/C26H24N4O5/c1-26(22-9-6-14-35-22)24(32)29(25(33)27-26)16-23(31)30-21(18-10-12-19(34-2)13-11-18)15-20(28-30)17-7-4-3-5-8-17/h3-14,21H,15-16H2,1-2H3,(H,27,33). The smallest absolute Gasteiger partial charge is 0.325 e. The van der Waals surface area contributed by atoms with E-state index in [1.165, 1.54) is 11.3 Å². The van der Waals surface area contributed by atoms with Gasteiger partial charge in [-0.05, 0) is 42.3 Å². The summed E-state index contributed by atoms with van der Waals surface area (Å²) in [5, 5.41) is 8.63. The molecule has 1 saturated heterocycles. The third kappa shape index (κ3) is 3.95. The van der Waals surface area contributed by atoms with Gasteiger partial charge in [0.2, 0.25) is 0 Å². The molecule has 178 valence electrons. The van der Waals surface area contributed by atoms with Gasteiger partial charge in [0, 0.05) is 6.42 Å². The topological polar surface area (TPSA) is 104 Å². The maximum absolute atomic E-state index is 13.5. The number of amides is 4. The Morgan fingerprint density at radius 1 is 1.11 bits per heavy atom. The number of carbonyl (C=O) groups excluding carboxylic acids is 3. The van der Waals surface area contributed by atoms with Crippen molar-refractivity contribution in [2.75, 3.05) is 13.7 Å². The molecule has 3 heterocycles. The number of nitrogens with one attached hydrogen (secondary N) is 1. The Hall–Kier alpha value is -4.40. The second-order valence-corrected chi connectivity index (χ2v) is 8.57. The number of hydrogen-bond donors (Lipinski definition) is 1. The number of methoxy groups -OCH3 is 1. The lowest BCUT2D eigenvalue weighted by molar-refractivity contribution is -0.140. The Bertz CT molecular complexity index is 1290. The summed E-state index contributed by atoms with van der Waals surface area (Å²) in [6.45, 7) is 1.11. The van der Waals surface area contributed by atoms with Gasteiger partial charge in [-0.3, -0.25) is 14.5 Å². The van der Waals surface area contributed by atoms with Gasteiger partial charge in [-0.1, -0.05) is 42.5 Å². The van der Waals surface area contributed by atoms with Gasteiger partial charge in [0.1, 0.15) is 18.1 Å². The number of urea groups is 1. The van der Waals surface area contributed by atoms with Gasteiger partial charge in [0.25, 0.3) is 11.8 Å². The van der Waals surface area contributed by atoms with Crippen LogP contribution in [-0.2, 0) is 15.1 Å². The van der Waals surface area contributed by atoms with Crippen LogP contribution in [-0.4, -0.2) is 47.1 Å². The molecule has 9 heteroatoms.